The largest absolute Gasteiger partial charge is 0.127 e. The van der Waals surface area contributed by atoms with Crippen LogP contribution in [0.3, 0.4) is 0 Å². The van der Waals surface area contributed by atoms with Gasteiger partial charge in [-0.2, -0.15) is 0 Å². The highest BCUT2D eigenvalue weighted by Gasteiger charge is 2.18. The highest BCUT2D eigenvalue weighted by Crippen LogP contribution is 2.39. The monoisotopic (exact) mass is 250 g/mol. The van der Waals surface area contributed by atoms with Crippen LogP contribution in [0.15, 0.2) is 6.07 Å². The molecule has 14 heavy (non-hydrogen) atoms. The molecule has 3 heteroatoms. The summed E-state index contributed by atoms with van der Waals surface area (Å²) in [6.07, 6.45) is 2.35. The van der Waals surface area contributed by atoms with Crippen molar-refractivity contribution in [2.45, 2.75) is 39.0 Å². The van der Waals surface area contributed by atoms with Gasteiger partial charge in [-0.05, 0) is 30.9 Å². The molecular weight excluding hydrogens is 235 g/mol. The Balaban J connectivity index is 2.73. The summed E-state index contributed by atoms with van der Waals surface area (Å²) in [4.78, 5) is 1.20. The van der Waals surface area contributed by atoms with Crippen LogP contribution < -0.4 is 0 Å². The van der Waals surface area contributed by atoms with E-state index in [1.54, 1.807) is 11.3 Å². The van der Waals surface area contributed by atoms with Crippen LogP contribution in [-0.4, -0.2) is 0 Å². The molecule has 1 aromatic heterocycles. The zero-order chi connectivity index (χ0) is 10.7. The maximum atomic E-state index is 6.37. The molecule has 1 heterocycles. The third-order valence-electron chi connectivity index (χ3n) is 2.39. The van der Waals surface area contributed by atoms with Gasteiger partial charge in [0.2, 0.25) is 0 Å². The summed E-state index contributed by atoms with van der Waals surface area (Å²) < 4.78 is 0.870. The Kier molecular flexibility index (Phi) is 4.75. The fraction of sp³-hybridized carbons (Fsp3) is 0.636. The molecule has 2 unspecified atom stereocenters. The van der Waals surface area contributed by atoms with E-state index in [1.165, 1.54) is 17.7 Å². The van der Waals surface area contributed by atoms with E-state index in [2.05, 4.69) is 19.9 Å². The minimum absolute atomic E-state index is 0.117. The van der Waals surface area contributed by atoms with Crippen molar-refractivity contribution in [3.8, 4) is 0 Å². The molecule has 0 saturated carbocycles. The Morgan fingerprint density at radius 1 is 1.50 bits per heavy atom. The second-order valence-corrected chi connectivity index (χ2v) is 5.93. The predicted octanol–water partition coefficient (Wildman–Crippen LogP) is 5.43. The third kappa shape index (κ3) is 2.88. The van der Waals surface area contributed by atoms with Crippen molar-refractivity contribution >= 4 is 34.5 Å². The Morgan fingerprint density at radius 3 is 2.57 bits per heavy atom. The lowest BCUT2D eigenvalue weighted by atomic mass is 10.0. The van der Waals surface area contributed by atoms with Crippen LogP contribution in [-0.2, 0) is 0 Å². The summed E-state index contributed by atoms with van der Waals surface area (Å²) in [6.45, 7) is 6.41. The number of thiophene rings is 1. The lowest BCUT2D eigenvalue weighted by molar-refractivity contribution is 0.511. The van der Waals surface area contributed by atoms with Crippen molar-refractivity contribution in [1.82, 2.24) is 0 Å². The SMILES string of the molecule is CCCC(C)C(Cl)c1cc(C)c(Cl)s1. The Hall–Kier alpha value is 0.280. The Labute approximate surface area is 100 Å². The molecule has 0 saturated heterocycles. The van der Waals surface area contributed by atoms with Gasteiger partial charge in [0.05, 0.1) is 9.71 Å². The summed E-state index contributed by atoms with van der Waals surface area (Å²) in [5.74, 6) is 0.524. The van der Waals surface area contributed by atoms with Gasteiger partial charge in [-0.25, -0.2) is 0 Å². The molecule has 1 aromatic rings. The van der Waals surface area contributed by atoms with Gasteiger partial charge in [0.15, 0.2) is 0 Å². The molecule has 0 aliphatic rings. The van der Waals surface area contributed by atoms with Crippen LogP contribution in [0.5, 0.6) is 0 Å². The summed E-state index contributed by atoms with van der Waals surface area (Å²) in [6, 6.07) is 2.11. The average Bonchev–Trinajstić information content (AvgIpc) is 2.46. The van der Waals surface area contributed by atoms with Gasteiger partial charge in [0.1, 0.15) is 0 Å². The summed E-state index contributed by atoms with van der Waals surface area (Å²) in [7, 11) is 0. The molecule has 1 rings (SSSR count). The highest BCUT2D eigenvalue weighted by molar-refractivity contribution is 7.16. The van der Waals surface area contributed by atoms with Gasteiger partial charge in [0.25, 0.3) is 0 Å². The lowest BCUT2D eigenvalue weighted by Crippen LogP contribution is -2.01. The van der Waals surface area contributed by atoms with Crippen molar-refractivity contribution in [3.05, 3.63) is 20.8 Å². The average molecular weight is 251 g/mol. The maximum Gasteiger partial charge on any atom is 0.0960 e. The first-order valence-electron chi connectivity index (χ1n) is 4.96. The number of hydrogen-bond acceptors (Lipinski definition) is 1. The Bertz CT molecular complexity index is 274. The summed E-state index contributed by atoms with van der Waals surface area (Å²) >= 11 is 14.0. The zero-order valence-corrected chi connectivity index (χ0v) is 11.1. The van der Waals surface area contributed by atoms with Gasteiger partial charge < -0.3 is 0 Å². The molecule has 0 aliphatic carbocycles. The maximum absolute atomic E-state index is 6.37. The van der Waals surface area contributed by atoms with E-state index in [4.69, 9.17) is 23.2 Å². The van der Waals surface area contributed by atoms with E-state index in [9.17, 15) is 0 Å². The molecule has 0 bridgehead atoms. The molecule has 0 nitrogen and oxygen atoms in total. The van der Waals surface area contributed by atoms with Gasteiger partial charge in [-0.1, -0.05) is 31.9 Å². The molecule has 80 valence electrons. The smallest absolute Gasteiger partial charge is 0.0960 e. The first-order valence-corrected chi connectivity index (χ1v) is 6.59. The standard InChI is InChI=1S/C11H16Cl2S/c1-4-5-7(2)10(12)9-6-8(3)11(13)14-9/h6-7,10H,4-5H2,1-3H3. The minimum atomic E-state index is 0.117. The van der Waals surface area contributed by atoms with Crippen LogP contribution in [0.1, 0.15) is 42.5 Å². The summed E-state index contributed by atoms with van der Waals surface area (Å²) in [5.41, 5.74) is 1.14. The van der Waals surface area contributed by atoms with E-state index in [1.807, 2.05) is 6.92 Å². The first kappa shape index (κ1) is 12.4. The second-order valence-electron chi connectivity index (χ2n) is 3.77. The van der Waals surface area contributed by atoms with E-state index in [0.29, 0.717) is 5.92 Å². The van der Waals surface area contributed by atoms with Gasteiger partial charge in [0, 0.05) is 4.88 Å². The topological polar surface area (TPSA) is 0 Å². The molecule has 0 aliphatic heterocycles. The number of halogens is 2. The number of aryl methyl sites for hydroxylation is 1. The molecule has 0 spiro atoms. The van der Waals surface area contributed by atoms with Crippen molar-refractivity contribution in [3.63, 3.8) is 0 Å². The fourth-order valence-corrected chi connectivity index (χ4v) is 3.15. The van der Waals surface area contributed by atoms with Crippen molar-refractivity contribution in [2.24, 2.45) is 5.92 Å². The van der Waals surface area contributed by atoms with Crippen molar-refractivity contribution in [1.29, 1.82) is 0 Å². The molecule has 0 N–H and O–H groups in total. The van der Waals surface area contributed by atoms with Gasteiger partial charge in [-0.3, -0.25) is 0 Å². The zero-order valence-electron chi connectivity index (χ0n) is 8.81. The van der Waals surface area contributed by atoms with E-state index < -0.39 is 0 Å². The second kappa shape index (κ2) is 5.39. The van der Waals surface area contributed by atoms with Crippen molar-refractivity contribution < 1.29 is 0 Å². The molecule has 0 fully saturated rings. The minimum Gasteiger partial charge on any atom is -0.127 e. The van der Waals surface area contributed by atoms with Crippen LogP contribution in [0.4, 0.5) is 0 Å². The predicted molar refractivity (Wildman–Crippen MR) is 66.7 cm³/mol. The highest BCUT2D eigenvalue weighted by atomic mass is 35.5. The van der Waals surface area contributed by atoms with E-state index >= 15 is 0 Å². The van der Waals surface area contributed by atoms with E-state index in [-0.39, 0.29) is 5.38 Å². The van der Waals surface area contributed by atoms with Crippen LogP contribution >= 0.6 is 34.5 Å². The summed E-state index contributed by atoms with van der Waals surface area (Å²) in [5, 5.41) is 0.117. The number of hydrogen-bond donors (Lipinski definition) is 0. The normalized spacial score (nSPS) is 15.5. The van der Waals surface area contributed by atoms with Gasteiger partial charge in [-0.15, -0.1) is 22.9 Å². The molecule has 2 atom stereocenters. The quantitative estimate of drug-likeness (QED) is 0.626. The first-order chi connectivity index (χ1) is 6.56. The van der Waals surface area contributed by atoms with E-state index in [0.717, 1.165) is 9.90 Å². The molecule has 0 aromatic carbocycles. The molecule has 0 amide bonds. The Morgan fingerprint density at radius 2 is 2.14 bits per heavy atom. The van der Waals surface area contributed by atoms with Crippen LogP contribution in [0.2, 0.25) is 4.34 Å². The van der Waals surface area contributed by atoms with Crippen LogP contribution in [0.25, 0.3) is 0 Å². The third-order valence-corrected chi connectivity index (χ3v) is 4.82. The fourth-order valence-electron chi connectivity index (χ4n) is 1.50. The van der Waals surface area contributed by atoms with Crippen molar-refractivity contribution in [2.75, 3.05) is 0 Å². The number of rotatable bonds is 4. The van der Waals surface area contributed by atoms with Gasteiger partial charge >= 0.3 is 0 Å². The lowest BCUT2D eigenvalue weighted by Gasteiger charge is -2.15. The molecular formula is C11H16Cl2S. The number of alkyl halides is 1. The van der Waals surface area contributed by atoms with Crippen LogP contribution in [0, 0.1) is 12.8 Å². The molecule has 0 radical (unpaired) electrons.